The first-order valence-electron chi connectivity index (χ1n) is 19.7. The van der Waals surface area contributed by atoms with Crippen LogP contribution in [0.4, 0.5) is 0 Å². The summed E-state index contributed by atoms with van der Waals surface area (Å²) in [7, 11) is 0. The van der Waals surface area contributed by atoms with Crippen LogP contribution in [-0.4, -0.2) is 89.9 Å². The van der Waals surface area contributed by atoms with Crippen LogP contribution in [0.15, 0.2) is 152 Å². The van der Waals surface area contributed by atoms with Crippen molar-refractivity contribution in [3.63, 3.8) is 0 Å². The third kappa shape index (κ3) is 11.7. The van der Waals surface area contributed by atoms with E-state index in [1.807, 2.05) is 152 Å². The molecule has 0 saturated carbocycles. The Labute approximate surface area is 339 Å². The Kier molecular flexibility index (Phi) is 15.6. The second-order valence-electron chi connectivity index (χ2n) is 14.5. The zero-order valence-corrected chi connectivity index (χ0v) is 32.3. The van der Waals surface area contributed by atoms with Crippen molar-refractivity contribution in [1.82, 2.24) is 0 Å². The van der Waals surface area contributed by atoms with Gasteiger partial charge >= 0.3 is 0 Å². The van der Waals surface area contributed by atoms with Crippen LogP contribution in [-0.2, 0) is 70.9 Å². The van der Waals surface area contributed by atoms with Gasteiger partial charge in [0.2, 0.25) is 0 Å². The first kappa shape index (κ1) is 41.8. The van der Waals surface area contributed by atoms with Gasteiger partial charge in [0.15, 0.2) is 12.6 Å². The van der Waals surface area contributed by atoms with Gasteiger partial charge in [0.25, 0.3) is 0 Å². The van der Waals surface area contributed by atoms with Crippen molar-refractivity contribution in [3.05, 3.63) is 179 Å². The Balaban J connectivity index is 1.18. The summed E-state index contributed by atoms with van der Waals surface area (Å²) in [6.45, 7) is 0.942. The van der Waals surface area contributed by atoms with Crippen LogP contribution in [0.1, 0.15) is 27.8 Å². The molecule has 5 aromatic carbocycles. The van der Waals surface area contributed by atoms with Crippen LogP contribution in [0, 0.1) is 0 Å². The molecule has 0 aromatic heterocycles. The van der Waals surface area contributed by atoms with Crippen LogP contribution in [0.3, 0.4) is 0 Å². The number of hydrogen-bond donors (Lipinski definition) is 3. The predicted molar refractivity (Wildman–Crippen MR) is 214 cm³/mol. The molecular weight excluding hydrogens is 741 g/mol. The molecule has 2 heterocycles. The molecule has 0 unspecified atom stereocenters. The lowest BCUT2D eigenvalue weighted by Crippen LogP contribution is -2.65. The Morgan fingerprint density at radius 2 is 0.759 bits per heavy atom. The summed E-state index contributed by atoms with van der Waals surface area (Å²) in [5.74, 6) is 0. The van der Waals surface area contributed by atoms with Crippen molar-refractivity contribution in [2.75, 3.05) is 13.2 Å². The van der Waals surface area contributed by atoms with Gasteiger partial charge in [0, 0.05) is 0 Å². The van der Waals surface area contributed by atoms with E-state index in [1.54, 1.807) is 0 Å². The van der Waals surface area contributed by atoms with E-state index in [1.165, 1.54) is 0 Å². The Morgan fingerprint density at radius 3 is 1.21 bits per heavy atom. The smallest absolute Gasteiger partial charge is 0.187 e. The molecule has 5 aromatic rings. The van der Waals surface area contributed by atoms with Crippen molar-refractivity contribution in [2.45, 2.75) is 94.4 Å². The predicted octanol–water partition coefficient (Wildman–Crippen LogP) is 5.73. The topological polar surface area (TPSA) is 135 Å². The van der Waals surface area contributed by atoms with Gasteiger partial charge in [-0.2, -0.15) is 0 Å². The fraction of sp³-hybridized carbons (Fsp3) is 0.362. The molecular formula is C47H52O11. The standard InChI is InChI=1S/C47H52O11/c48-40-38(31-51-26-33-16-6-1-7-17-33)57-47(43(41(40)49)53-28-35-20-10-3-11-21-35)58-42-39(32-52-27-34-18-8-2-9-19-34)56-46(50)45(55-30-37-24-14-5-15-25-37)44(42)54-29-36-22-12-4-13-23-36/h1-25,38-50H,26-32H2/t38-,39-,40+,41+,42-,43-,44+,45-,46-,47+/m1/s1. The fourth-order valence-corrected chi connectivity index (χ4v) is 7.08. The Hall–Kier alpha value is -4.34. The molecule has 10 atom stereocenters. The van der Waals surface area contributed by atoms with Gasteiger partial charge in [0.1, 0.15) is 48.8 Å². The van der Waals surface area contributed by atoms with Crippen LogP contribution >= 0.6 is 0 Å². The van der Waals surface area contributed by atoms with Crippen molar-refractivity contribution in [2.24, 2.45) is 0 Å². The van der Waals surface area contributed by atoms with Crippen molar-refractivity contribution in [1.29, 1.82) is 0 Å². The van der Waals surface area contributed by atoms with E-state index in [4.69, 9.17) is 37.9 Å². The number of aliphatic hydroxyl groups is 3. The van der Waals surface area contributed by atoms with Gasteiger partial charge in [-0.1, -0.05) is 152 Å². The largest absolute Gasteiger partial charge is 0.387 e. The Morgan fingerprint density at radius 1 is 0.379 bits per heavy atom. The number of aliphatic hydroxyl groups excluding tert-OH is 3. The maximum atomic E-state index is 11.7. The molecule has 0 spiro atoms. The molecule has 7 rings (SSSR count). The van der Waals surface area contributed by atoms with Crippen LogP contribution in [0.25, 0.3) is 0 Å². The minimum Gasteiger partial charge on any atom is -0.387 e. The molecule has 58 heavy (non-hydrogen) atoms. The Bertz CT molecular complexity index is 1870. The van der Waals surface area contributed by atoms with E-state index in [9.17, 15) is 15.3 Å². The molecule has 2 aliphatic rings. The van der Waals surface area contributed by atoms with E-state index in [2.05, 4.69) is 0 Å². The third-order valence-electron chi connectivity index (χ3n) is 10.2. The molecule has 0 aliphatic carbocycles. The highest BCUT2D eigenvalue weighted by Crippen LogP contribution is 2.34. The average Bonchev–Trinajstić information content (AvgIpc) is 3.26. The fourth-order valence-electron chi connectivity index (χ4n) is 7.08. The summed E-state index contributed by atoms with van der Waals surface area (Å²) in [6, 6.07) is 48.1. The van der Waals surface area contributed by atoms with Gasteiger partial charge in [-0.25, -0.2) is 0 Å². The molecule has 0 bridgehead atoms. The quantitative estimate of drug-likeness (QED) is 0.0948. The summed E-state index contributed by atoms with van der Waals surface area (Å²) >= 11 is 0. The maximum absolute atomic E-state index is 11.7. The first-order valence-corrected chi connectivity index (χ1v) is 19.7. The monoisotopic (exact) mass is 792 g/mol. The first-order chi connectivity index (χ1) is 28.5. The van der Waals surface area contributed by atoms with E-state index in [-0.39, 0.29) is 46.2 Å². The minimum absolute atomic E-state index is 0.00424. The van der Waals surface area contributed by atoms with E-state index >= 15 is 0 Å². The summed E-state index contributed by atoms with van der Waals surface area (Å²) in [6.07, 6.45) is -11.5. The number of benzene rings is 5. The molecule has 3 N–H and O–H groups in total. The molecule has 2 aliphatic heterocycles. The van der Waals surface area contributed by atoms with Crippen molar-refractivity contribution >= 4 is 0 Å². The molecule has 2 fully saturated rings. The van der Waals surface area contributed by atoms with Crippen molar-refractivity contribution in [3.8, 4) is 0 Å². The molecule has 11 nitrogen and oxygen atoms in total. The van der Waals surface area contributed by atoms with Crippen molar-refractivity contribution < 1.29 is 53.2 Å². The lowest BCUT2D eigenvalue weighted by molar-refractivity contribution is -0.369. The average molecular weight is 793 g/mol. The molecule has 11 heteroatoms. The number of rotatable bonds is 19. The highest BCUT2D eigenvalue weighted by molar-refractivity contribution is 5.17. The highest BCUT2D eigenvalue weighted by atomic mass is 16.7. The maximum Gasteiger partial charge on any atom is 0.187 e. The minimum atomic E-state index is -1.43. The van der Waals surface area contributed by atoms with E-state index < -0.39 is 61.4 Å². The van der Waals surface area contributed by atoms with Gasteiger partial charge in [-0.3, -0.25) is 0 Å². The SMILES string of the molecule is O[C@@H]1[C@H](O)[C@@H](OCc2ccccc2)[C@H](O[C@H]2[C@H](OCc3ccccc3)[C@@H](OCc3ccccc3)[C@H](O)O[C@@H]2COCc2ccccc2)O[C@@H]1COCc1ccccc1. The van der Waals surface area contributed by atoms with Gasteiger partial charge in [-0.05, 0) is 27.8 Å². The molecule has 306 valence electrons. The van der Waals surface area contributed by atoms with Gasteiger partial charge in [0.05, 0.1) is 46.2 Å². The summed E-state index contributed by atoms with van der Waals surface area (Å²) in [4.78, 5) is 0. The lowest BCUT2D eigenvalue weighted by atomic mass is 9.96. The van der Waals surface area contributed by atoms with Crippen LogP contribution in [0.2, 0.25) is 0 Å². The second-order valence-corrected chi connectivity index (χ2v) is 14.5. The summed E-state index contributed by atoms with van der Waals surface area (Å²) in [5, 5.41) is 34.7. The number of hydrogen-bond acceptors (Lipinski definition) is 11. The van der Waals surface area contributed by atoms with Gasteiger partial charge < -0.3 is 53.2 Å². The van der Waals surface area contributed by atoms with E-state index in [0.717, 1.165) is 27.8 Å². The van der Waals surface area contributed by atoms with Crippen LogP contribution < -0.4 is 0 Å². The normalized spacial score (nSPS) is 27.3. The zero-order chi connectivity index (χ0) is 39.9. The zero-order valence-electron chi connectivity index (χ0n) is 32.3. The summed E-state index contributed by atoms with van der Waals surface area (Å²) in [5.41, 5.74) is 4.54. The molecule has 0 radical (unpaired) electrons. The lowest BCUT2D eigenvalue weighted by Gasteiger charge is -2.48. The third-order valence-corrected chi connectivity index (χ3v) is 10.2. The molecule has 0 amide bonds. The molecule has 2 saturated heterocycles. The highest BCUT2D eigenvalue weighted by Gasteiger charge is 2.53. The second kappa shape index (κ2) is 21.6. The summed E-state index contributed by atoms with van der Waals surface area (Å²) < 4.78 is 51.3. The number of ether oxygens (including phenoxy) is 8. The van der Waals surface area contributed by atoms with Crippen LogP contribution in [0.5, 0.6) is 0 Å². The van der Waals surface area contributed by atoms with E-state index in [0.29, 0.717) is 0 Å². The van der Waals surface area contributed by atoms with Gasteiger partial charge in [-0.15, -0.1) is 0 Å².